The third-order valence-electron chi connectivity index (χ3n) is 3.58. The minimum atomic E-state index is -3.94. The predicted molar refractivity (Wildman–Crippen MR) is 90.7 cm³/mol. The quantitative estimate of drug-likeness (QED) is 0.638. The second kappa shape index (κ2) is 7.29. The largest absolute Gasteiger partial charge is 0.472 e. The number of thiophene rings is 1. The third kappa shape index (κ3) is 3.75. The maximum Gasteiger partial charge on any atom is 0.246 e. The van der Waals surface area contributed by atoms with E-state index in [1.165, 1.54) is 35.0 Å². The van der Waals surface area contributed by atoms with Gasteiger partial charge in [0.1, 0.15) is 10.7 Å². The predicted octanol–water partition coefficient (Wildman–Crippen LogP) is 3.91. The number of hydrogen-bond acceptors (Lipinski definition) is 4. The van der Waals surface area contributed by atoms with Gasteiger partial charge >= 0.3 is 0 Å². The van der Waals surface area contributed by atoms with Crippen molar-refractivity contribution < 1.29 is 17.2 Å². The van der Waals surface area contributed by atoms with Crippen molar-refractivity contribution in [1.82, 2.24) is 4.31 Å². The highest BCUT2D eigenvalue weighted by molar-refractivity contribution is 7.89. The Morgan fingerprint density at radius 1 is 1.12 bits per heavy atom. The average Bonchev–Trinajstić information content (AvgIpc) is 3.25. The molecule has 7 heteroatoms. The standard InChI is InChI=1S/C17H16FNO3S2/c18-16-5-1-2-6-17(16)24(20,21)19(12-14-8-10-22-13-14)9-7-15-4-3-11-23-15/h1-6,8,10-11,13H,7,9,12H2. The number of benzene rings is 1. The van der Waals surface area contributed by atoms with E-state index in [0.717, 1.165) is 16.5 Å². The van der Waals surface area contributed by atoms with E-state index in [1.54, 1.807) is 17.4 Å². The van der Waals surface area contributed by atoms with Crippen LogP contribution in [-0.2, 0) is 23.0 Å². The van der Waals surface area contributed by atoms with E-state index in [9.17, 15) is 12.8 Å². The van der Waals surface area contributed by atoms with Crippen molar-refractivity contribution in [2.45, 2.75) is 17.9 Å². The van der Waals surface area contributed by atoms with Crippen molar-refractivity contribution in [1.29, 1.82) is 0 Å². The Bertz CT molecular complexity index is 874. The molecule has 1 aromatic carbocycles. The molecular weight excluding hydrogens is 349 g/mol. The molecule has 0 amide bonds. The molecule has 0 spiro atoms. The molecule has 3 aromatic rings. The lowest BCUT2D eigenvalue weighted by Crippen LogP contribution is -2.33. The normalized spacial score (nSPS) is 11.9. The number of furan rings is 1. The van der Waals surface area contributed by atoms with Gasteiger partial charge in [0.05, 0.1) is 12.5 Å². The molecule has 0 atom stereocenters. The van der Waals surface area contributed by atoms with Gasteiger partial charge in [0.15, 0.2) is 0 Å². The van der Waals surface area contributed by atoms with Crippen molar-refractivity contribution in [3.05, 3.63) is 76.6 Å². The minimum absolute atomic E-state index is 0.137. The first kappa shape index (κ1) is 16.9. The fourth-order valence-electron chi connectivity index (χ4n) is 2.35. The van der Waals surface area contributed by atoms with E-state index in [1.807, 2.05) is 17.5 Å². The molecular formula is C17H16FNO3S2. The smallest absolute Gasteiger partial charge is 0.246 e. The highest BCUT2D eigenvalue weighted by atomic mass is 32.2. The number of halogens is 1. The Labute approximate surface area is 144 Å². The lowest BCUT2D eigenvalue weighted by molar-refractivity contribution is 0.405. The van der Waals surface area contributed by atoms with Crippen molar-refractivity contribution in [2.75, 3.05) is 6.54 Å². The molecule has 0 saturated heterocycles. The summed E-state index contributed by atoms with van der Waals surface area (Å²) in [6.45, 7) is 0.404. The van der Waals surface area contributed by atoms with Crippen molar-refractivity contribution in [2.24, 2.45) is 0 Å². The first-order valence-corrected chi connectivity index (χ1v) is 9.67. The molecule has 3 rings (SSSR count). The fourth-order valence-corrected chi connectivity index (χ4v) is 4.55. The molecule has 0 aliphatic heterocycles. The van der Waals surface area contributed by atoms with Crippen LogP contribution in [0.15, 0.2) is 69.7 Å². The molecule has 0 radical (unpaired) electrons. The summed E-state index contributed by atoms with van der Waals surface area (Å²) in [5, 5.41) is 1.95. The molecule has 0 unspecified atom stereocenters. The van der Waals surface area contributed by atoms with Crippen LogP contribution in [0.25, 0.3) is 0 Å². The molecule has 0 fully saturated rings. The van der Waals surface area contributed by atoms with Gasteiger partial charge in [-0.25, -0.2) is 12.8 Å². The SMILES string of the molecule is O=S(=O)(c1ccccc1F)N(CCc1cccs1)Cc1ccoc1. The van der Waals surface area contributed by atoms with Gasteiger partial charge in [0.25, 0.3) is 0 Å². The van der Waals surface area contributed by atoms with Gasteiger partial charge in [0.2, 0.25) is 10.0 Å². The van der Waals surface area contributed by atoms with E-state index < -0.39 is 15.8 Å². The number of hydrogen-bond donors (Lipinski definition) is 0. The van der Waals surface area contributed by atoms with Crippen molar-refractivity contribution in [3.63, 3.8) is 0 Å². The van der Waals surface area contributed by atoms with Gasteiger partial charge in [-0.1, -0.05) is 18.2 Å². The lowest BCUT2D eigenvalue weighted by atomic mass is 10.3. The molecule has 4 nitrogen and oxygen atoms in total. The Morgan fingerprint density at radius 2 is 1.96 bits per heavy atom. The van der Waals surface area contributed by atoms with Gasteiger partial charge < -0.3 is 4.42 Å². The van der Waals surface area contributed by atoms with Crippen LogP contribution in [0, 0.1) is 5.82 Å². The second-order valence-corrected chi connectivity index (χ2v) is 8.17. The number of sulfonamides is 1. The van der Waals surface area contributed by atoms with E-state index in [-0.39, 0.29) is 18.0 Å². The zero-order valence-electron chi connectivity index (χ0n) is 12.8. The Balaban J connectivity index is 1.89. The summed E-state index contributed by atoms with van der Waals surface area (Å²) < 4.78 is 46.1. The number of nitrogens with zero attached hydrogens (tertiary/aromatic N) is 1. The molecule has 0 aliphatic rings. The van der Waals surface area contributed by atoms with Crippen molar-refractivity contribution in [3.8, 4) is 0 Å². The Morgan fingerprint density at radius 3 is 2.62 bits per heavy atom. The van der Waals surface area contributed by atoms with E-state index >= 15 is 0 Å². The highest BCUT2D eigenvalue weighted by Gasteiger charge is 2.27. The molecule has 2 heterocycles. The van der Waals surface area contributed by atoms with Gasteiger partial charge in [-0.2, -0.15) is 4.31 Å². The van der Waals surface area contributed by atoms with E-state index in [0.29, 0.717) is 6.42 Å². The first-order valence-electron chi connectivity index (χ1n) is 7.35. The third-order valence-corrected chi connectivity index (χ3v) is 6.40. The Kier molecular flexibility index (Phi) is 5.13. The van der Waals surface area contributed by atoms with E-state index in [4.69, 9.17) is 4.42 Å². The van der Waals surface area contributed by atoms with Crippen LogP contribution in [0.3, 0.4) is 0 Å². The molecule has 0 bridgehead atoms. The molecule has 0 aliphatic carbocycles. The Hall–Kier alpha value is -1.96. The van der Waals surface area contributed by atoms with Crippen LogP contribution in [0.1, 0.15) is 10.4 Å². The first-order chi connectivity index (χ1) is 11.6. The van der Waals surface area contributed by atoms with Crippen LogP contribution >= 0.6 is 11.3 Å². The zero-order valence-corrected chi connectivity index (χ0v) is 14.4. The van der Waals surface area contributed by atoms with Crippen LogP contribution in [-0.4, -0.2) is 19.3 Å². The molecule has 126 valence electrons. The summed E-state index contributed by atoms with van der Waals surface area (Å²) in [5.74, 6) is -0.745. The fraction of sp³-hybridized carbons (Fsp3) is 0.176. The molecule has 2 aromatic heterocycles. The molecule has 0 N–H and O–H groups in total. The van der Waals surface area contributed by atoms with Crippen LogP contribution in [0.4, 0.5) is 4.39 Å². The van der Waals surface area contributed by atoms with Gasteiger partial charge in [-0.05, 0) is 36.1 Å². The lowest BCUT2D eigenvalue weighted by Gasteiger charge is -2.21. The minimum Gasteiger partial charge on any atom is -0.472 e. The van der Waals surface area contributed by atoms with Crippen LogP contribution in [0.5, 0.6) is 0 Å². The monoisotopic (exact) mass is 365 g/mol. The summed E-state index contributed by atoms with van der Waals surface area (Å²) in [7, 11) is -3.94. The molecule has 0 saturated carbocycles. The topological polar surface area (TPSA) is 50.5 Å². The summed E-state index contributed by atoms with van der Waals surface area (Å²) >= 11 is 1.57. The average molecular weight is 365 g/mol. The second-order valence-electron chi connectivity index (χ2n) is 5.23. The van der Waals surface area contributed by atoms with E-state index in [2.05, 4.69) is 0 Å². The summed E-state index contributed by atoms with van der Waals surface area (Å²) in [6, 6.07) is 11.0. The summed E-state index contributed by atoms with van der Waals surface area (Å²) in [6.07, 6.45) is 3.56. The van der Waals surface area contributed by atoms with Crippen LogP contribution in [0.2, 0.25) is 0 Å². The maximum atomic E-state index is 14.0. The zero-order chi connectivity index (χ0) is 17.0. The maximum absolute atomic E-state index is 14.0. The highest BCUT2D eigenvalue weighted by Crippen LogP contribution is 2.22. The van der Waals surface area contributed by atoms with Crippen LogP contribution < -0.4 is 0 Å². The summed E-state index contributed by atoms with van der Waals surface area (Å²) in [4.78, 5) is 0.774. The summed E-state index contributed by atoms with van der Waals surface area (Å²) in [5.41, 5.74) is 0.723. The van der Waals surface area contributed by atoms with Crippen molar-refractivity contribution >= 4 is 21.4 Å². The van der Waals surface area contributed by atoms with Gasteiger partial charge in [0, 0.05) is 23.5 Å². The number of rotatable bonds is 7. The van der Waals surface area contributed by atoms with Gasteiger partial charge in [-0.15, -0.1) is 11.3 Å². The van der Waals surface area contributed by atoms with Gasteiger partial charge in [-0.3, -0.25) is 0 Å². The molecule has 24 heavy (non-hydrogen) atoms.